The van der Waals surface area contributed by atoms with Crippen LogP contribution in [0.3, 0.4) is 0 Å². The van der Waals surface area contributed by atoms with Gasteiger partial charge in [0, 0.05) is 22.1 Å². The maximum Gasteiger partial charge on any atom is 0.335 e. The lowest BCUT2D eigenvalue weighted by Gasteiger charge is -2.27. The normalized spacial score (nSPS) is 12.3. The Bertz CT molecular complexity index is 1720. The lowest BCUT2D eigenvalue weighted by atomic mass is 9.88. The van der Waals surface area contributed by atoms with Crippen molar-refractivity contribution in [3.05, 3.63) is 82.9 Å². The number of hydrogen-bond acceptors (Lipinski definition) is 10. The number of nitrogens with one attached hydrogen (secondary N) is 2. The molecule has 2 aromatic carbocycles. The molecule has 4 aromatic rings. The third-order valence-electron chi connectivity index (χ3n) is 7.91. The fraction of sp³-hybridized carbons (Fsp3) is 0.462. The zero-order valence-electron chi connectivity index (χ0n) is 30.8. The van der Waals surface area contributed by atoms with Gasteiger partial charge in [-0.2, -0.15) is 4.98 Å². The van der Waals surface area contributed by atoms with Gasteiger partial charge in [0.1, 0.15) is 12.4 Å². The summed E-state index contributed by atoms with van der Waals surface area (Å²) in [5, 5.41) is 13.1. The maximum atomic E-state index is 11.6. The molecule has 0 aliphatic rings. The lowest BCUT2D eigenvalue weighted by molar-refractivity contribution is 0.0696. The monoisotopic (exact) mass is 700 g/mol. The highest BCUT2D eigenvalue weighted by molar-refractivity contribution is 8.00. The van der Waals surface area contributed by atoms with Crippen molar-refractivity contribution in [2.45, 2.75) is 105 Å². The highest BCUT2D eigenvalue weighted by atomic mass is 32.2. The Balaban J connectivity index is 1.64. The van der Waals surface area contributed by atoms with E-state index in [9.17, 15) is 9.90 Å². The van der Waals surface area contributed by atoms with E-state index in [0.717, 1.165) is 46.5 Å². The van der Waals surface area contributed by atoms with E-state index in [1.54, 1.807) is 30.6 Å². The number of anilines is 1. The van der Waals surface area contributed by atoms with Gasteiger partial charge in [-0.05, 0) is 99.6 Å². The number of aromatic carboxylic acids is 1. The molecule has 3 N–H and O–H groups in total. The first-order chi connectivity index (χ1) is 23.7. The van der Waals surface area contributed by atoms with Crippen LogP contribution >= 0.6 is 11.9 Å². The van der Waals surface area contributed by atoms with Crippen LogP contribution in [-0.2, 0) is 13.0 Å². The van der Waals surface area contributed by atoms with Crippen LogP contribution in [0.25, 0.3) is 11.3 Å². The molecule has 0 bridgehead atoms. The highest BCUT2D eigenvalue weighted by Crippen LogP contribution is 2.35. The molecule has 2 aromatic heterocycles. The number of aryl methyl sites for hydroxylation is 2. The smallest absolute Gasteiger partial charge is 0.335 e. The van der Waals surface area contributed by atoms with Crippen molar-refractivity contribution in [3.8, 4) is 22.9 Å². The third kappa shape index (κ3) is 11.7. The fourth-order valence-electron chi connectivity index (χ4n) is 5.55. The SMILES string of the molecule is Cc1cccc(CCC(C)C)c1-c1nc(NSc2cccc(C(=O)O)c2)nc(OC[C@@H](CC(C)(C)C)NCc2ncc(OC(C)C)cn2)c1C. The number of rotatable bonds is 17. The molecular weight excluding hydrogens is 649 g/mol. The summed E-state index contributed by atoms with van der Waals surface area (Å²) in [5.41, 5.74) is 5.36. The van der Waals surface area contributed by atoms with Crippen LogP contribution in [0.2, 0.25) is 0 Å². The molecule has 0 saturated heterocycles. The van der Waals surface area contributed by atoms with E-state index < -0.39 is 5.97 Å². The van der Waals surface area contributed by atoms with Gasteiger partial charge in [-0.25, -0.2) is 19.7 Å². The first-order valence-corrected chi connectivity index (χ1v) is 18.1. The minimum Gasteiger partial charge on any atom is -0.488 e. The van der Waals surface area contributed by atoms with Gasteiger partial charge >= 0.3 is 5.97 Å². The van der Waals surface area contributed by atoms with Gasteiger partial charge in [-0.1, -0.05) is 58.9 Å². The first kappa shape index (κ1) is 38.6. The predicted octanol–water partition coefficient (Wildman–Crippen LogP) is 8.72. The second-order valence-electron chi connectivity index (χ2n) is 14.6. The van der Waals surface area contributed by atoms with Crippen LogP contribution in [-0.4, -0.2) is 49.8 Å². The minimum absolute atomic E-state index is 0.0207. The molecule has 4 rings (SSSR count). The Kier molecular flexibility index (Phi) is 13.6. The number of hydrogen-bond donors (Lipinski definition) is 3. The summed E-state index contributed by atoms with van der Waals surface area (Å²) in [6.45, 7) is 20.0. The molecule has 268 valence electrons. The van der Waals surface area contributed by atoms with Gasteiger partial charge in [0.05, 0.1) is 36.3 Å². The summed E-state index contributed by atoms with van der Waals surface area (Å²) in [5.74, 6) is 1.76. The van der Waals surface area contributed by atoms with Crippen molar-refractivity contribution >= 4 is 23.9 Å². The fourth-order valence-corrected chi connectivity index (χ4v) is 6.19. The molecular formula is C39H52N6O4S. The zero-order chi connectivity index (χ0) is 36.4. The Labute approximate surface area is 301 Å². The quantitative estimate of drug-likeness (QED) is 0.0914. The van der Waals surface area contributed by atoms with Crippen LogP contribution < -0.4 is 19.5 Å². The van der Waals surface area contributed by atoms with Gasteiger partial charge in [-0.15, -0.1) is 0 Å². The van der Waals surface area contributed by atoms with Crippen LogP contribution in [0.15, 0.2) is 59.8 Å². The number of carboxylic acids is 1. The maximum absolute atomic E-state index is 11.6. The van der Waals surface area contributed by atoms with Crippen molar-refractivity contribution in [1.82, 2.24) is 25.3 Å². The van der Waals surface area contributed by atoms with Gasteiger partial charge < -0.3 is 19.9 Å². The van der Waals surface area contributed by atoms with E-state index >= 15 is 0 Å². The molecule has 0 aliphatic carbocycles. The lowest BCUT2D eigenvalue weighted by Crippen LogP contribution is -2.38. The summed E-state index contributed by atoms with van der Waals surface area (Å²) < 4.78 is 15.5. The van der Waals surface area contributed by atoms with E-state index in [1.807, 2.05) is 26.8 Å². The summed E-state index contributed by atoms with van der Waals surface area (Å²) in [6, 6.07) is 13.1. The molecule has 0 aliphatic heterocycles. The molecule has 0 fully saturated rings. The Morgan fingerprint density at radius 3 is 2.38 bits per heavy atom. The molecule has 11 heteroatoms. The summed E-state index contributed by atoms with van der Waals surface area (Å²) in [4.78, 5) is 31.1. The van der Waals surface area contributed by atoms with Gasteiger partial charge in [0.25, 0.3) is 0 Å². The average molecular weight is 701 g/mol. The molecule has 0 amide bonds. The Hall–Kier alpha value is -4.22. The summed E-state index contributed by atoms with van der Waals surface area (Å²) in [6.07, 6.45) is 6.29. The van der Waals surface area contributed by atoms with Gasteiger partial charge in [-0.3, -0.25) is 4.72 Å². The van der Waals surface area contributed by atoms with E-state index in [-0.39, 0.29) is 23.1 Å². The van der Waals surface area contributed by atoms with Crippen molar-refractivity contribution in [3.63, 3.8) is 0 Å². The number of benzene rings is 2. The first-order valence-electron chi connectivity index (χ1n) is 17.3. The van der Waals surface area contributed by atoms with Crippen molar-refractivity contribution in [2.24, 2.45) is 11.3 Å². The molecule has 1 atom stereocenters. The highest BCUT2D eigenvalue weighted by Gasteiger charge is 2.23. The van der Waals surface area contributed by atoms with Gasteiger partial charge in [0.15, 0.2) is 5.75 Å². The summed E-state index contributed by atoms with van der Waals surface area (Å²) >= 11 is 1.26. The van der Waals surface area contributed by atoms with Crippen LogP contribution in [0.1, 0.15) is 94.2 Å². The molecule has 2 heterocycles. The molecule has 0 saturated carbocycles. The largest absolute Gasteiger partial charge is 0.488 e. The van der Waals surface area contributed by atoms with E-state index in [4.69, 9.17) is 19.4 Å². The summed E-state index contributed by atoms with van der Waals surface area (Å²) in [7, 11) is 0. The number of aromatic nitrogens is 4. The zero-order valence-corrected chi connectivity index (χ0v) is 31.6. The van der Waals surface area contributed by atoms with Crippen molar-refractivity contribution in [1.29, 1.82) is 0 Å². The predicted molar refractivity (Wildman–Crippen MR) is 201 cm³/mol. The van der Waals surface area contributed by atoms with E-state index in [0.29, 0.717) is 42.5 Å². The Morgan fingerprint density at radius 2 is 1.72 bits per heavy atom. The van der Waals surface area contributed by atoms with Gasteiger partial charge in [0.2, 0.25) is 11.8 Å². The second-order valence-corrected chi connectivity index (χ2v) is 15.4. The number of carboxylic acid groups (broad SMARTS) is 1. The van der Waals surface area contributed by atoms with Crippen molar-refractivity contribution < 1.29 is 19.4 Å². The third-order valence-corrected chi connectivity index (χ3v) is 8.69. The second kappa shape index (κ2) is 17.6. The van der Waals surface area contributed by atoms with Crippen molar-refractivity contribution in [2.75, 3.05) is 11.3 Å². The standard InChI is InChI=1S/C39H52N6O4S/c1-24(2)16-17-28-13-10-12-26(5)34(28)35-27(6)36(44-38(43-35)45-50-32-15-11-14-29(18-32)37(46)47)48-23-30(19-39(7,8)9)40-22-33-41-20-31(21-42-33)49-25(3)4/h10-15,18,20-21,24-25,30,40H,16-17,19,22-23H2,1-9H3,(H,46,47)(H,43,44,45)/t30-/m1/s1. The molecule has 0 radical (unpaired) electrons. The van der Waals surface area contributed by atoms with Crippen LogP contribution in [0, 0.1) is 25.2 Å². The van der Waals surface area contributed by atoms with E-state index in [2.05, 4.69) is 79.7 Å². The molecule has 0 unspecified atom stereocenters. The van der Waals surface area contributed by atoms with Crippen LogP contribution in [0.4, 0.5) is 5.95 Å². The minimum atomic E-state index is -0.979. The number of carbonyl (C=O) groups is 1. The molecule has 10 nitrogen and oxygen atoms in total. The number of ether oxygens (including phenoxy) is 2. The Morgan fingerprint density at radius 1 is 1.00 bits per heavy atom. The number of nitrogens with zero attached hydrogens (tertiary/aromatic N) is 4. The van der Waals surface area contributed by atoms with E-state index in [1.165, 1.54) is 17.5 Å². The average Bonchev–Trinajstić information content (AvgIpc) is 3.05. The topological polar surface area (TPSA) is 131 Å². The van der Waals surface area contributed by atoms with Crippen LogP contribution in [0.5, 0.6) is 11.6 Å². The molecule has 50 heavy (non-hydrogen) atoms. The molecule has 0 spiro atoms.